The standard InChI is InChI=1S/C15H28N2O2S/c1-12(20)16-8-5-15(6-9-16)7-10-17(11-15)13(18)19-14(2,3)4/h12,20H,5-11H2,1-4H3. The van der Waals surface area contributed by atoms with Gasteiger partial charge in [-0.2, -0.15) is 12.6 Å². The Hall–Kier alpha value is -0.420. The molecule has 0 aromatic rings. The second-order valence-electron chi connectivity index (χ2n) is 7.32. The first-order valence-electron chi connectivity index (χ1n) is 7.61. The lowest BCUT2D eigenvalue weighted by Gasteiger charge is -2.40. The third-order valence-corrected chi connectivity index (χ3v) is 4.80. The Morgan fingerprint density at radius 1 is 1.20 bits per heavy atom. The molecule has 2 rings (SSSR count). The number of rotatable bonds is 1. The highest BCUT2D eigenvalue weighted by Gasteiger charge is 2.43. The molecule has 0 bridgehead atoms. The molecular weight excluding hydrogens is 272 g/mol. The van der Waals surface area contributed by atoms with Crippen LogP contribution in [-0.2, 0) is 4.74 Å². The summed E-state index contributed by atoms with van der Waals surface area (Å²) in [6.45, 7) is 11.8. The van der Waals surface area contributed by atoms with Gasteiger partial charge in [-0.05, 0) is 65.5 Å². The summed E-state index contributed by atoms with van der Waals surface area (Å²) >= 11 is 4.51. The van der Waals surface area contributed by atoms with Crippen LogP contribution in [0.1, 0.15) is 47.0 Å². The maximum Gasteiger partial charge on any atom is 0.410 e. The molecule has 0 saturated carbocycles. The summed E-state index contributed by atoms with van der Waals surface area (Å²) < 4.78 is 5.48. The number of hydrogen-bond donors (Lipinski definition) is 1. The normalized spacial score (nSPS) is 24.9. The number of likely N-dealkylation sites (tertiary alicyclic amines) is 2. The number of nitrogens with zero attached hydrogens (tertiary/aromatic N) is 2. The van der Waals surface area contributed by atoms with Gasteiger partial charge in [-0.1, -0.05) is 0 Å². The number of carbonyl (C=O) groups is 1. The topological polar surface area (TPSA) is 32.8 Å². The summed E-state index contributed by atoms with van der Waals surface area (Å²) in [7, 11) is 0. The second kappa shape index (κ2) is 5.76. The molecule has 2 heterocycles. The summed E-state index contributed by atoms with van der Waals surface area (Å²) in [5, 5.41) is 0.329. The van der Waals surface area contributed by atoms with Crippen molar-refractivity contribution in [2.45, 2.75) is 57.9 Å². The molecule has 2 aliphatic heterocycles. The van der Waals surface area contributed by atoms with E-state index in [4.69, 9.17) is 4.74 Å². The minimum absolute atomic E-state index is 0.153. The van der Waals surface area contributed by atoms with Crippen molar-refractivity contribution in [1.82, 2.24) is 9.80 Å². The average molecular weight is 300 g/mol. The molecule has 0 aliphatic carbocycles. The first kappa shape index (κ1) is 16.0. The fourth-order valence-corrected chi connectivity index (χ4v) is 3.43. The fourth-order valence-electron chi connectivity index (χ4n) is 3.20. The zero-order valence-corrected chi connectivity index (χ0v) is 14.1. The average Bonchev–Trinajstić information content (AvgIpc) is 2.72. The van der Waals surface area contributed by atoms with Gasteiger partial charge in [-0.25, -0.2) is 4.79 Å². The van der Waals surface area contributed by atoms with Gasteiger partial charge in [0, 0.05) is 18.5 Å². The maximum atomic E-state index is 12.1. The Morgan fingerprint density at radius 3 is 2.25 bits per heavy atom. The van der Waals surface area contributed by atoms with E-state index in [1.165, 1.54) is 0 Å². The molecule has 20 heavy (non-hydrogen) atoms. The third-order valence-electron chi connectivity index (χ3n) is 4.48. The van der Waals surface area contributed by atoms with Crippen molar-refractivity contribution in [1.29, 1.82) is 0 Å². The zero-order valence-electron chi connectivity index (χ0n) is 13.2. The van der Waals surface area contributed by atoms with Crippen LogP contribution in [0, 0.1) is 5.41 Å². The van der Waals surface area contributed by atoms with Crippen LogP contribution in [0.3, 0.4) is 0 Å². The largest absolute Gasteiger partial charge is 0.444 e. The molecule has 1 amide bonds. The molecule has 0 aromatic heterocycles. The highest BCUT2D eigenvalue weighted by atomic mass is 32.1. The molecule has 0 N–H and O–H groups in total. The van der Waals surface area contributed by atoms with Gasteiger partial charge in [0.2, 0.25) is 0 Å². The van der Waals surface area contributed by atoms with Crippen LogP contribution in [0.2, 0.25) is 0 Å². The van der Waals surface area contributed by atoms with Gasteiger partial charge in [0.15, 0.2) is 0 Å². The van der Waals surface area contributed by atoms with Gasteiger partial charge in [0.1, 0.15) is 5.60 Å². The lowest BCUT2D eigenvalue weighted by atomic mass is 9.78. The van der Waals surface area contributed by atoms with E-state index in [1.807, 2.05) is 25.7 Å². The van der Waals surface area contributed by atoms with Crippen molar-refractivity contribution < 1.29 is 9.53 Å². The van der Waals surface area contributed by atoms with E-state index in [9.17, 15) is 4.79 Å². The van der Waals surface area contributed by atoms with Crippen molar-refractivity contribution in [3.63, 3.8) is 0 Å². The number of amides is 1. The number of hydrogen-bond acceptors (Lipinski definition) is 4. The van der Waals surface area contributed by atoms with Crippen LogP contribution in [0.5, 0.6) is 0 Å². The van der Waals surface area contributed by atoms with Crippen LogP contribution in [0.25, 0.3) is 0 Å². The van der Waals surface area contributed by atoms with Crippen molar-refractivity contribution in [3.05, 3.63) is 0 Å². The smallest absolute Gasteiger partial charge is 0.410 e. The first-order valence-corrected chi connectivity index (χ1v) is 8.13. The molecule has 116 valence electrons. The number of piperidine rings is 1. The predicted octanol–water partition coefficient (Wildman–Crippen LogP) is 2.99. The molecule has 1 unspecified atom stereocenters. The lowest BCUT2D eigenvalue weighted by Crippen LogP contribution is -2.44. The Morgan fingerprint density at radius 2 is 1.75 bits per heavy atom. The third kappa shape index (κ3) is 3.82. The molecule has 1 atom stereocenters. The van der Waals surface area contributed by atoms with Crippen LogP contribution in [0.15, 0.2) is 0 Å². The highest BCUT2D eigenvalue weighted by Crippen LogP contribution is 2.41. The van der Waals surface area contributed by atoms with Crippen molar-refractivity contribution in [2.75, 3.05) is 26.2 Å². The SMILES string of the molecule is CC(S)N1CCC2(CCN(C(=O)OC(C)(C)C)C2)CC1. The molecule has 2 fully saturated rings. The first-order chi connectivity index (χ1) is 9.21. The Labute approximate surface area is 128 Å². The van der Waals surface area contributed by atoms with Gasteiger partial charge in [0.25, 0.3) is 0 Å². The van der Waals surface area contributed by atoms with Crippen LogP contribution in [0.4, 0.5) is 4.79 Å². The summed E-state index contributed by atoms with van der Waals surface area (Å²) in [6.07, 6.45) is 3.29. The summed E-state index contributed by atoms with van der Waals surface area (Å²) in [5.41, 5.74) is -0.0895. The van der Waals surface area contributed by atoms with Gasteiger partial charge in [-0.3, -0.25) is 4.90 Å². The quantitative estimate of drug-likeness (QED) is 0.756. The van der Waals surface area contributed by atoms with E-state index in [1.54, 1.807) is 0 Å². The minimum Gasteiger partial charge on any atom is -0.444 e. The van der Waals surface area contributed by atoms with Gasteiger partial charge < -0.3 is 9.64 Å². The monoisotopic (exact) mass is 300 g/mol. The molecule has 4 nitrogen and oxygen atoms in total. The summed E-state index contributed by atoms with van der Waals surface area (Å²) in [6, 6.07) is 0. The molecule has 5 heteroatoms. The summed E-state index contributed by atoms with van der Waals surface area (Å²) in [5.74, 6) is 0. The number of thiol groups is 1. The minimum atomic E-state index is -0.405. The summed E-state index contributed by atoms with van der Waals surface area (Å²) in [4.78, 5) is 16.4. The van der Waals surface area contributed by atoms with Crippen molar-refractivity contribution in [2.24, 2.45) is 5.41 Å². The van der Waals surface area contributed by atoms with E-state index in [0.717, 1.165) is 45.4 Å². The Bertz CT molecular complexity index is 357. The molecule has 0 aromatic carbocycles. The van der Waals surface area contributed by atoms with Crippen molar-refractivity contribution >= 4 is 18.7 Å². The van der Waals surface area contributed by atoms with Crippen molar-refractivity contribution in [3.8, 4) is 0 Å². The van der Waals surface area contributed by atoms with E-state index >= 15 is 0 Å². The highest BCUT2D eigenvalue weighted by molar-refractivity contribution is 7.80. The molecular formula is C15H28N2O2S. The van der Waals surface area contributed by atoms with Gasteiger partial charge in [0.05, 0.1) is 0 Å². The number of carbonyl (C=O) groups excluding carboxylic acids is 1. The van der Waals surface area contributed by atoms with Gasteiger partial charge in [-0.15, -0.1) is 0 Å². The van der Waals surface area contributed by atoms with Gasteiger partial charge >= 0.3 is 6.09 Å². The maximum absolute atomic E-state index is 12.1. The van der Waals surface area contributed by atoms with E-state index in [-0.39, 0.29) is 6.09 Å². The zero-order chi connectivity index (χ0) is 15.0. The van der Waals surface area contributed by atoms with E-state index in [2.05, 4.69) is 24.5 Å². The Balaban J connectivity index is 1.88. The van der Waals surface area contributed by atoms with Crippen LogP contribution >= 0.6 is 12.6 Å². The van der Waals surface area contributed by atoms with E-state index < -0.39 is 5.60 Å². The Kier molecular flexibility index (Phi) is 4.59. The second-order valence-corrected chi connectivity index (χ2v) is 8.07. The fraction of sp³-hybridized carbons (Fsp3) is 0.933. The molecule has 1 spiro atoms. The lowest BCUT2D eigenvalue weighted by molar-refractivity contribution is 0.0246. The molecule has 2 saturated heterocycles. The predicted molar refractivity (Wildman–Crippen MR) is 84.1 cm³/mol. The molecule has 0 radical (unpaired) electrons. The van der Waals surface area contributed by atoms with E-state index in [0.29, 0.717) is 10.8 Å². The van der Waals surface area contributed by atoms with Crippen LogP contribution in [-0.4, -0.2) is 53.0 Å². The molecule has 2 aliphatic rings. The number of ether oxygens (including phenoxy) is 1. The van der Waals surface area contributed by atoms with Crippen LogP contribution < -0.4 is 0 Å².